The van der Waals surface area contributed by atoms with Crippen LogP contribution in [0.4, 0.5) is 5.69 Å². The molecule has 0 aliphatic carbocycles. The molecule has 1 aromatic carbocycles. The number of hydrogen-bond donors (Lipinski definition) is 2. The van der Waals surface area contributed by atoms with Gasteiger partial charge in [-0.2, -0.15) is 0 Å². The lowest BCUT2D eigenvalue weighted by molar-refractivity contribution is 0.0563. The first-order chi connectivity index (χ1) is 10.0. The van der Waals surface area contributed by atoms with Crippen LogP contribution in [-0.2, 0) is 0 Å². The number of imide groups is 3. The second-order valence-electron chi connectivity index (χ2n) is 4.45. The molecule has 0 saturated heterocycles. The normalized spacial score (nSPS) is 13.4. The summed E-state index contributed by atoms with van der Waals surface area (Å²) in [6.45, 7) is 0. The van der Waals surface area contributed by atoms with Crippen LogP contribution in [-0.4, -0.2) is 27.6 Å². The van der Waals surface area contributed by atoms with Crippen LogP contribution in [0.25, 0.3) is 0 Å². The van der Waals surface area contributed by atoms with Crippen LogP contribution in [0.15, 0.2) is 41.2 Å². The van der Waals surface area contributed by atoms with Crippen LogP contribution in [0.3, 0.4) is 0 Å². The summed E-state index contributed by atoms with van der Waals surface area (Å²) < 4.78 is 0. The molecule has 0 unspecified atom stereocenters. The number of carbonyl (C=O) groups excluding carboxylic acids is 3. The zero-order valence-electron chi connectivity index (χ0n) is 10.6. The van der Waals surface area contributed by atoms with E-state index in [9.17, 15) is 19.2 Å². The maximum absolute atomic E-state index is 12.3. The molecule has 0 spiro atoms. The summed E-state index contributed by atoms with van der Waals surface area (Å²) in [5, 5.41) is 0. The van der Waals surface area contributed by atoms with Gasteiger partial charge in [-0.05, 0) is 18.2 Å². The lowest BCUT2D eigenvalue weighted by Gasteiger charge is -2.11. The average Bonchev–Trinajstić information content (AvgIpc) is 2.71. The van der Waals surface area contributed by atoms with Gasteiger partial charge in [0.2, 0.25) is 5.56 Å². The summed E-state index contributed by atoms with van der Waals surface area (Å²) in [5.41, 5.74) is 5.25. The molecule has 2 heterocycles. The third-order valence-electron chi connectivity index (χ3n) is 3.15. The highest BCUT2D eigenvalue weighted by Crippen LogP contribution is 2.28. The van der Waals surface area contributed by atoms with Crippen LogP contribution in [0, 0.1) is 0 Å². The molecular weight excluding hydrogens is 274 g/mol. The van der Waals surface area contributed by atoms with Crippen molar-refractivity contribution in [2.24, 2.45) is 0 Å². The van der Waals surface area contributed by atoms with E-state index in [4.69, 9.17) is 5.73 Å². The smallest absolute Gasteiger partial charge is 0.284 e. The Labute approximate surface area is 118 Å². The van der Waals surface area contributed by atoms with E-state index in [1.54, 1.807) is 0 Å². The molecule has 104 valence electrons. The molecule has 0 atom stereocenters. The Morgan fingerprint density at radius 3 is 2.38 bits per heavy atom. The van der Waals surface area contributed by atoms with E-state index in [0.29, 0.717) is 4.90 Å². The molecule has 7 nitrogen and oxygen atoms in total. The number of nitrogens with zero attached hydrogens (tertiary/aromatic N) is 1. The Hall–Kier alpha value is -3.22. The highest BCUT2D eigenvalue weighted by molar-refractivity contribution is 6.32. The van der Waals surface area contributed by atoms with Crippen LogP contribution in [0.5, 0.6) is 0 Å². The molecule has 0 saturated carbocycles. The van der Waals surface area contributed by atoms with Crippen LogP contribution < -0.4 is 11.3 Å². The molecular formula is C14H9N3O4. The molecule has 21 heavy (non-hydrogen) atoms. The first-order valence-electron chi connectivity index (χ1n) is 6.01. The highest BCUT2D eigenvalue weighted by atomic mass is 16.2. The predicted octanol–water partition coefficient (Wildman–Crippen LogP) is 0.393. The first-order valence-corrected chi connectivity index (χ1v) is 6.01. The number of nitrogens with one attached hydrogen (secondary N) is 1. The minimum absolute atomic E-state index is 0.00845. The number of rotatable bonds is 1. The van der Waals surface area contributed by atoms with Crippen LogP contribution >= 0.6 is 0 Å². The molecule has 1 aliphatic rings. The molecule has 0 radical (unpaired) electrons. The quantitative estimate of drug-likeness (QED) is 0.580. The molecule has 0 fully saturated rings. The molecule has 3 rings (SSSR count). The number of carbonyl (C=O) groups is 3. The summed E-state index contributed by atoms with van der Waals surface area (Å²) in [7, 11) is 0. The minimum atomic E-state index is -0.890. The van der Waals surface area contributed by atoms with Gasteiger partial charge in [-0.15, -0.1) is 0 Å². The van der Waals surface area contributed by atoms with Crippen molar-refractivity contribution in [3.63, 3.8) is 0 Å². The number of hydrogen-bond acceptors (Lipinski definition) is 5. The van der Waals surface area contributed by atoms with Crippen molar-refractivity contribution < 1.29 is 14.4 Å². The minimum Gasteiger partial charge on any atom is -0.398 e. The zero-order valence-corrected chi connectivity index (χ0v) is 10.6. The van der Waals surface area contributed by atoms with Crippen molar-refractivity contribution in [1.82, 2.24) is 9.88 Å². The zero-order chi connectivity index (χ0) is 15.1. The molecule has 3 amide bonds. The number of H-pyrrole nitrogens is 1. The number of aromatic nitrogens is 1. The molecule has 1 aromatic heterocycles. The molecule has 1 aliphatic heterocycles. The van der Waals surface area contributed by atoms with E-state index >= 15 is 0 Å². The number of fused-ring (bicyclic) bond motifs is 1. The van der Waals surface area contributed by atoms with Crippen molar-refractivity contribution in [3.05, 3.63) is 63.6 Å². The Bertz CT molecular complexity index is 853. The fraction of sp³-hybridized carbons (Fsp3) is 0. The third-order valence-corrected chi connectivity index (χ3v) is 3.15. The molecule has 3 N–H and O–H groups in total. The van der Waals surface area contributed by atoms with Crippen molar-refractivity contribution in [1.29, 1.82) is 0 Å². The maximum Gasteiger partial charge on any atom is 0.284 e. The van der Waals surface area contributed by atoms with Gasteiger partial charge in [-0.1, -0.05) is 12.1 Å². The van der Waals surface area contributed by atoms with Gasteiger partial charge < -0.3 is 10.7 Å². The van der Waals surface area contributed by atoms with E-state index < -0.39 is 23.3 Å². The summed E-state index contributed by atoms with van der Waals surface area (Å²) in [5.74, 6) is -2.43. The predicted molar refractivity (Wildman–Crippen MR) is 72.7 cm³/mol. The third kappa shape index (κ3) is 1.83. The van der Waals surface area contributed by atoms with Gasteiger partial charge in [0.15, 0.2) is 0 Å². The Morgan fingerprint density at radius 2 is 1.71 bits per heavy atom. The number of aromatic amines is 1. The van der Waals surface area contributed by atoms with Gasteiger partial charge in [0.25, 0.3) is 17.7 Å². The largest absolute Gasteiger partial charge is 0.398 e. The van der Waals surface area contributed by atoms with Crippen LogP contribution in [0.1, 0.15) is 31.2 Å². The maximum atomic E-state index is 12.3. The number of anilines is 1. The number of benzene rings is 1. The van der Waals surface area contributed by atoms with Crippen molar-refractivity contribution in [2.75, 3.05) is 5.73 Å². The highest BCUT2D eigenvalue weighted by Gasteiger charge is 2.41. The van der Waals surface area contributed by atoms with Gasteiger partial charge in [0.05, 0.1) is 11.1 Å². The van der Waals surface area contributed by atoms with Gasteiger partial charge in [-0.3, -0.25) is 19.2 Å². The van der Waals surface area contributed by atoms with E-state index in [2.05, 4.69) is 4.98 Å². The Balaban J connectivity index is 2.08. The summed E-state index contributed by atoms with van der Waals surface area (Å²) >= 11 is 0. The fourth-order valence-corrected chi connectivity index (χ4v) is 2.19. The average molecular weight is 283 g/mol. The van der Waals surface area contributed by atoms with E-state index in [-0.39, 0.29) is 22.5 Å². The van der Waals surface area contributed by atoms with E-state index in [0.717, 1.165) is 0 Å². The summed E-state index contributed by atoms with van der Waals surface area (Å²) in [6.07, 6.45) is 0. The first kappa shape index (κ1) is 12.8. The topological polar surface area (TPSA) is 113 Å². The van der Waals surface area contributed by atoms with Crippen LogP contribution in [0.2, 0.25) is 0 Å². The number of nitrogen functional groups attached to an aromatic ring is 1. The number of nitrogens with two attached hydrogens (primary N) is 1. The molecule has 7 heteroatoms. The van der Waals surface area contributed by atoms with Gasteiger partial charge >= 0.3 is 0 Å². The van der Waals surface area contributed by atoms with Crippen molar-refractivity contribution in [3.8, 4) is 0 Å². The van der Waals surface area contributed by atoms with Gasteiger partial charge in [0, 0.05) is 11.8 Å². The standard InChI is InChI=1S/C14H9N3O4/c15-8-4-1-3-7-11(8)14(21)17(12(7)19)13(20)9-5-2-6-10(18)16-9/h1-6H,15H2,(H,16,18). The summed E-state index contributed by atoms with van der Waals surface area (Å²) in [6, 6.07) is 8.32. The Morgan fingerprint density at radius 1 is 1.00 bits per heavy atom. The lowest BCUT2D eigenvalue weighted by Crippen LogP contribution is -2.37. The second kappa shape index (κ2) is 4.41. The monoisotopic (exact) mass is 283 g/mol. The van der Waals surface area contributed by atoms with Gasteiger partial charge in [0.1, 0.15) is 5.69 Å². The number of pyridine rings is 1. The van der Waals surface area contributed by atoms with Gasteiger partial charge in [-0.25, -0.2) is 4.90 Å². The SMILES string of the molecule is Nc1cccc2c1C(=O)N(C(=O)c1cccc(=O)[nH]1)C2=O. The molecule has 2 aromatic rings. The fourth-order valence-electron chi connectivity index (χ4n) is 2.19. The molecule has 0 bridgehead atoms. The lowest BCUT2D eigenvalue weighted by atomic mass is 10.1. The van der Waals surface area contributed by atoms with Crippen molar-refractivity contribution in [2.45, 2.75) is 0 Å². The number of amides is 3. The second-order valence-corrected chi connectivity index (χ2v) is 4.45. The summed E-state index contributed by atoms with van der Waals surface area (Å²) in [4.78, 5) is 50.7. The van der Waals surface area contributed by atoms with Crippen molar-refractivity contribution >= 4 is 23.4 Å². The Kier molecular flexibility index (Phi) is 2.69. The van der Waals surface area contributed by atoms with E-state index in [1.807, 2.05) is 0 Å². The van der Waals surface area contributed by atoms with E-state index in [1.165, 1.54) is 36.4 Å².